The summed E-state index contributed by atoms with van der Waals surface area (Å²) in [4.78, 5) is 19.3. The minimum atomic E-state index is 0.00265. The van der Waals surface area contributed by atoms with E-state index in [1.54, 1.807) is 16.7 Å². The number of thioether (sulfide) groups is 1. The Morgan fingerprint density at radius 2 is 2.04 bits per heavy atom. The van der Waals surface area contributed by atoms with Crippen molar-refractivity contribution < 1.29 is 4.79 Å². The molecule has 3 rings (SSSR count). The fraction of sp³-hybridized carbons (Fsp3) is 0.263. The first kappa shape index (κ1) is 17.1. The van der Waals surface area contributed by atoms with Gasteiger partial charge < -0.3 is 0 Å². The molecule has 0 aromatic heterocycles. The maximum Gasteiger partial charge on any atom is 0.259 e. The molecule has 1 saturated heterocycles. The van der Waals surface area contributed by atoms with Gasteiger partial charge in [0.2, 0.25) is 0 Å². The minimum absolute atomic E-state index is 0.00265. The van der Waals surface area contributed by atoms with Crippen LogP contribution in [0.15, 0.2) is 47.5 Å². The fourth-order valence-electron chi connectivity index (χ4n) is 2.54. The van der Waals surface area contributed by atoms with Gasteiger partial charge in [-0.3, -0.25) is 9.69 Å². The molecule has 0 radical (unpaired) electrons. The third-order valence-electron chi connectivity index (χ3n) is 3.88. The van der Waals surface area contributed by atoms with E-state index in [0.29, 0.717) is 17.1 Å². The van der Waals surface area contributed by atoms with Gasteiger partial charge in [0, 0.05) is 22.9 Å². The molecule has 2 aromatic carbocycles. The first-order valence-corrected chi connectivity index (χ1v) is 9.27. The number of aliphatic imine (C=N–C) groups is 1. The van der Waals surface area contributed by atoms with Gasteiger partial charge in [0.05, 0.1) is 5.69 Å². The molecule has 0 bridgehead atoms. The van der Waals surface area contributed by atoms with Gasteiger partial charge in [-0.2, -0.15) is 0 Å². The van der Waals surface area contributed by atoms with Crippen molar-refractivity contribution in [3.63, 3.8) is 0 Å². The Labute approximate surface area is 151 Å². The number of hydrogen-bond acceptors (Lipinski definition) is 3. The van der Waals surface area contributed by atoms with Gasteiger partial charge in [-0.1, -0.05) is 47.1 Å². The molecule has 1 amide bonds. The summed E-state index contributed by atoms with van der Waals surface area (Å²) in [7, 11) is 0. The average Bonchev–Trinajstić information content (AvgIpc) is 2.58. The van der Waals surface area contributed by atoms with E-state index in [9.17, 15) is 4.79 Å². The number of rotatable bonds is 2. The first-order valence-electron chi connectivity index (χ1n) is 7.91. The third kappa shape index (κ3) is 3.82. The van der Waals surface area contributed by atoms with Crippen molar-refractivity contribution in [2.24, 2.45) is 4.99 Å². The lowest BCUT2D eigenvalue weighted by Crippen LogP contribution is -2.39. The molecule has 1 fully saturated rings. The molecule has 1 aliphatic heterocycles. The largest absolute Gasteiger partial charge is 0.287 e. The lowest BCUT2D eigenvalue weighted by atomic mass is 10.1. The van der Waals surface area contributed by atoms with Crippen LogP contribution in [0.1, 0.15) is 27.9 Å². The molecule has 2 aromatic rings. The highest BCUT2D eigenvalue weighted by Gasteiger charge is 2.24. The van der Waals surface area contributed by atoms with E-state index < -0.39 is 0 Å². The number of halogens is 1. The molecular formula is C19H19ClN2OS. The molecule has 0 aliphatic carbocycles. The Kier molecular flexibility index (Phi) is 5.27. The highest BCUT2D eigenvalue weighted by molar-refractivity contribution is 8.13. The number of benzene rings is 2. The standard InChI is InChI=1S/C19H19ClN2OS/c1-13-5-3-6-15(11-13)18(23)22-9-4-10-24-19(22)21-16-8-7-14(2)17(20)12-16/h3,5-8,11-12H,4,9-10H2,1-2H3. The number of amides is 1. The number of carbonyl (C=O) groups excluding carboxylic acids is 1. The van der Waals surface area contributed by atoms with Crippen LogP contribution in [0, 0.1) is 13.8 Å². The topological polar surface area (TPSA) is 32.7 Å². The van der Waals surface area contributed by atoms with Gasteiger partial charge in [0.25, 0.3) is 5.91 Å². The molecule has 0 N–H and O–H groups in total. The van der Waals surface area contributed by atoms with Crippen LogP contribution in [-0.2, 0) is 0 Å². The van der Waals surface area contributed by atoms with Crippen LogP contribution in [0.4, 0.5) is 5.69 Å². The van der Waals surface area contributed by atoms with E-state index in [-0.39, 0.29) is 5.91 Å². The zero-order valence-electron chi connectivity index (χ0n) is 13.8. The molecule has 0 unspecified atom stereocenters. The molecule has 5 heteroatoms. The zero-order valence-corrected chi connectivity index (χ0v) is 15.3. The van der Waals surface area contributed by atoms with Crippen LogP contribution < -0.4 is 0 Å². The predicted octanol–water partition coefficient (Wildman–Crippen LogP) is 5.22. The van der Waals surface area contributed by atoms with Crippen molar-refractivity contribution in [3.8, 4) is 0 Å². The summed E-state index contributed by atoms with van der Waals surface area (Å²) in [6, 6.07) is 13.4. The van der Waals surface area contributed by atoms with Crippen LogP contribution >= 0.6 is 23.4 Å². The van der Waals surface area contributed by atoms with E-state index in [2.05, 4.69) is 4.99 Å². The fourth-order valence-corrected chi connectivity index (χ4v) is 3.67. The number of nitrogens with zero attached hydrogens (tertiary/aromatic N) is 2. The quantitative estimate of drug-likeness (QED) is 0.736. The van der Waals surface area contributed by atoms with Gasteiger partial charge in [0.15, 0.2) is 5.17 Å². The normalized spacial score (nSPS) is 16.5. The molecule has 3 nitrogen and oxygen atoms in total. The Hall–Kier alpha value is -1.78. The number of amidine groups is 1. The highest BCUT2D eigenvalue weighted by Crippen LogP contribution is 2.27. The molecule has 0 spiro atoms. The first-order chi connectivity index (χ1) is 11.5. The average molecular weight is 359 g/mol. The molecule has 0 saturated carbocycles. The summed E-state index contributed by atoms with van der Waals surface area (Å²) in [6.45, 7) is 4.64. The van der Waals surface area contributed by atoms with Crippen LogP contribution in [0.2, 0.25) is 5.02 Å². The lowest BCUT2D eigenvalue weighted by molar-refractivity contribution is 0.0849. The van der Waals surface area contributed by atoms with E-state index >= 15 is 0 Å². The Bertz CT molecular complexity index is 804. The van der Waals surface area contributed by atoms with E-state index in [1.807, 2.05) is 56.3 Å². The molecule has 124 valence electrons. The monoisotopic (exact) mass is 358 g/mol. The van der Waals surface area contributed by atoms with Crippen LogP contribution in [-0.4, -0.2) is 28.3 Å². The number of aryl methyl sites for hydroxylation is 2. The van der Waals surface area contributed by atoms with Gasteiger partial charge in [0.1, 0.15) is 0 Å². The zero-order chi connectivity index (χ0) is 17.1. The summed E-state index contributed by atoms with van der Waals surface area (Å²) in [6.07, 6.45) is 0.968. The third-order valence-corrected chi connectivity index (χ3v) is 5.35. The van der Waals surface area contributed by atoms with Crippen LogP contribution in [0.5, 0.6) is 0 Å². The van der Waals surface area contributed by atoms with Crippen molar-refractivity contribution >= 4 is 40.1 Å². The molecule has 1 heterocycles. The maximum atomic E-state index is 12.9. The van der Waals surface area contributed by atoms with Crippen molar-refractivity contribution in [1.82, 2.24) is 4.90 Å². The second-order valence-electron chi connectivity index (χ2n) is 5.86. The van der Waals surface area contributed by atoms with E-state index in [0.717, 1.165) is 34.2 Å². The summed E-state index contributed by atoms with van der Waals surface area (Å²) in [5.74, 6) is 0.971. The Balaban J connectivity index is 1.91. The van der Waals surface area contributed by atoms with Crippen LogP contribution in [0.3, 0.4) is 0 Å². The number of carbonyl (C=O) groups is 1. The number of hydrogen-bond donors (Lipinski definition) is 0. The van der Waals surface area contributed by atoms with Crippen molar-refractivity contribution in [2.45, 2.75) is 20.3 Å². The van der Waals surface area contributed by atoms with Gasteiger partial charge in [-0.15, -0.1) is 0 Å². The summed E-state index contributed by atoms with van der Waals surface area (Å²) >= 11 is 7.80. The predicted molar refractivity (Wildman–Crippen MR) is 103 cm³/mol. The molecule has 24 heavy (non-hydrogen) atoms. The second kappa shape index (κ2) is 7.41. The van der Waals surface area contributed by atoms with Crippen molar-refractivity contribution in [3.05, 3.63) is 64.2 Å². The Morgan fingerprint density at radius 1 is 1.21 bits per heavy atom. The summed E-state index contributed by atoms with van der Waals surface area (Å²) < 4.78 is 0. The minimum Gasteiger partial charge on any atom is -0.287 e. The Morgan fingerprint density at radius 3 is 2.79 bits per heavy atom. The van der Waals surface area contributed by atoms with Crippen molar-refractivity contribution in [1.29, 1.82) is 0 Å². The van der Waals surface area contributed by atoms with Crippen LogP contribution in [0.25, 0.3) is 0 Å². The van der Waals surface area contributed by atoms with Gasteiger partial charge in [-0.25, -0.2) is 4.99 Å². The lowest BCUT2D eigenvalue weighted by Gasteiger charge is -2.28. The maximum absolute atomic E-state index is 12.9. The summed E-state index contributed by atoms with van der Waals surface area (Å²) in [5.41, 5.74) is 3.57. The van der Waals surface area contributed by atoms with Crippen molar-refractivity contribution in [2.75, 3.05) is 12.3 Å². The van der Waals surface area contributed by atoms with Gasteiger partial charge in [-0.05, 0) is 50.1 Å². The molecule has 1 aliphatic rings. The molecular weight excluding hydrogens is 340 g/mol. The SMILES string of the molecule is Cc1cccc(C(=O)N2CCCSC2=Nc2ccc(C)c(Cl)c2)c1. The van der Waals surface area contributed by atoms with E-state index in [4.69, 9.17) is 11.6 Å². The smallest absolute Gasteiger partial charge is 0.259 e. The molecule has 0 atom stereocenters. The van der Waals surface area contributed by atoms with Gasteiger partial charge >= 0.3 is 0 Å². The second-order valence-corrected chi connectivity index (χ2v) is 7.33. The van der Waals surface area contributed by atoms with E-state index in [1.165, 1.54) is 0 Å². The summed E-state index contributed by atoms with van der Waals surface area (Å²) in [5, 5.41) is 1.43. The highest BCUT2D eigenvalue weighted by atomic mass is 35.5.